The van der Waals surface area contributed by atoms with Gasteiger partial charge in [-0.25, -0.2) is 22.9 Å². The fraction of sp³-hybridized carbons (Fsp3) is 0.200. The van der Waals surface area contributed by atoms with E-state index in [0.717, 1.165) is 10.5 Å². The Kier molecular flexibility index (Phi) is 5.49. The standard InChI is InChI=1S/C15H16N6O7S2/c1-3-29(24,25)12-13(21-7-5-4-6-9(21)16-12)30(26,27)20-15(23)19-14-17-10(22)8-11(18-14)28-2/h4-8H,3H2,1-2H3,(H3,17,18,19,20,22,23). The molecule has 0 saturated carbocycles. The van der Waals surface area contributed by atoms with E-state index in [2.05, 4.69) is 15.0 Å². The van der Waals surface area contributed by atoms with Crippen LogP contribution in [-0.2, 0) is 19.9 Å². The SMILES string of the molecule is CCS(=O)(=O)c1nc2ccccn2c1S(=O)(=O)NC(=O)Nc1nc(OC)cc(=O)[nH]1. The number of hydrogen-bond donors (Lipinski definition) is 3. The van der Waals surface area contributed by atoms with E-state index in [1.165, 1.54) is 32.4 Å². The van der Waals surface area contributed by atoms with Crippen molar-refractivity contribution in [3.05, 3.63) is 40.8 Å². The predicted molar refractivity (Wildman–Crippen MR) is 104 cm³/mol. The zero-order valence-corrected chi connectivity index (χ0v) is 17.2. The van der Waals surface area contributed by atoms with Crippen molar-refractivity contribution in [3.63, 3.8) is 0 Å². The van der Waals surface area contributed by atoms with Crippen LogP contribution in [-0.4, -0.2) is 55.1 Å². The number of urea groups is 1. The van der Waals surface area contributed by atoms with E-state index in [4.69, 9.17) is 4.74 Å². The Balaban J connectivity index is 2.01. The molecule has 0 aliphatic heterocycles. The van der Waals surface area contributed by atoms with Crippen LogP contribution >= 0.6 is 0 Å². The number of sulfone groups is 1. The molecule has 160 valence electrons. The number of carbonyl (C=O) groups excluding carboxylic acids is 1. The Bertz CT molecular complexity index is 1390. The summed E-state index contributed by atoms with van der Waals surface area (Å²) in [6, 6.07) is 4.16. The number of carbonyl (C=O) groups is 1. The second-order valence-electron chi connectivity index (χ2n) is 5.75. The van der Waals surface area contributed by atoms with Gasteiger partial charge in [0.25, 0.3) is 15.6 Å². The summed E-state index contributed by atoms with van der Waals surface area (Å²) in [4.78, 5) is 33.6. The summed E-state index contributed by atoms with van der Waals surface area (Å²) >= 11 is 0. The number of amides is 2. The molecule has 0 aromatic carbocycles. The Morgan fingerprint density at radius 3 is 2.63 bits per heavy atom. The van der Waals surface area contributed by atoms with Gasteiger partial charge in [-0.1, -0.05) is 13.0 Å². The Morgan fingerprint density at radius 2 is 1.97 bits per heavy atom. The number of imidazole rings is 1. The van der Waals surface area contributed by atoms with E-state index in [1.807, 2.05) is 5.32 Å². The second-order valence-corrected chi connectivity index (χ2v) is 9.54. The average Bonchev–Trinajstić information content (AvgIpc) is 3.08. The third kappa shape index (κ3) is 4.11. The Hall–Kier alpha value is -3.46. The normalized spacial score (nSPS) is 11.9. The maximum atomic E-state index is 12.9. The highest BCUT2D eigenvalue weighted by Crippen LogP contribution is 2.23. The summed E-state index contributed by atoms with van der Waals surface area (Å²) in [6.07, 6.45) is 1.30. The zero-order valence-electron chi connectivity index (χ0n) is 15.6. The highest BCUT2D eigenvalue weighted by Gasteiger charge is 2.33. The molecule has 0 unspecified atom stereocenters. The van der Waals surface area contributed by atoms with Crippen LogP contribution in [0.15, 0.2) is 45.3 Å². The number of hydrogen-bond acceptors (Lipinski definition) is 9. The topological polar surface area (TPSA) is 182 Å². The first-order chi connectivity index (χ1) is 14.1. The molecule has 0 bridgehead atoms. The third-order valence-electron chi connectivity index (χ3n) is 3.77. The van der Waals surface area contributed by atoms with Gasteiger partial charge < -0.3 is 4.74 Å². The molecule has 3 N–H and O–H groups in total. The second kappa shape index (κ2) is 7.75. The molecule has 0 aliphatic rings. The van der Waals surface area contributed by atoms with Crippen molar-refractivity contribution in [2.24, 2.45) is 0 Å². The first kappa shape index (κ1) is 21.3. The lowest BCUT2D eigenvalue weighted by atomic mass is 10.5. The van der Waals surface area contributed by atoms with Gasteiger partial charge in [0, 0.05) is 6.20 Å². The highest BCUT2D eigenvalue weighted by atomic mass is 32.2. The Morgan fingerprint density at radius 1 is 1.23 bits per heavy atom. The van der Waals surface area contributed by atoms with Gasteiger partial charge in [-0.3, -0.25) is 19.5 Å². The molecule has 0 spiro atoms. The summed E-state index contributed by atoms with van der Waals surface area (Å²) < 4.78 is 58.0. The molecule has 3 aromatic rings. The number of anilines is 1. The molecule has 13 nitrogen and oxygen atoms in total. The molecule has 15 heteroatoms. The van der Waals surface area contributed by atoms with E-state index in [-0.39, 0.29) is 17.5 Å². The number of rotatable bonds is 6. The molecule has 0 atom stereocenters. The van der Waals surface area contributed by atoms with Crippen molar-refractivity contribution in [2.45, 2.75) is 17.0 Å². The van der Waals surface area contributed by atoms with E-state index in [0.29, 0.717) is 0 Å². The molecule has 2 amide bonds. The highest BCUT2D eigenvalue weighted by molar-refractivity contribution is 7.93. The number of fused-ring (bicyclic) bond motifs is 1. The van der Waals surface area contributed by atoms with Crippen molar-refractivity contribution < 1.29 is 26.4 Å². The predicted octanol–water partition coefficient (Wildman–Crippen LogP) is -0.270. The summed E-state index contributed by atoms with van der Waals surface area (Å²) in [5.74, 6) is -0.901. The monoisotopic (exact) mass is 456 g/mol. The first-order valence-corrected chi connectivity index (χ1v) is 11.4. The fourth-order valence-corrected chi connectivity index (χ4v) is 5.10. The minimum absolute atomic E-state index is 0.0594. The largest absolute Gasteiger partial charge is 0.481 e. The summed E-state index contributed by atoms with van der Waals surface area (Å²) in [6.45, 7) is 1.33. The number of H-pyrrole nitrogens is 1. The minimum Gasteiger partial charge on any atom is -0.481 e. The van der Waals surface area contributed by atoms with Gasteiger partial charge in [0.15, 0.2) is 19.9 Å². The molecular formula is C15H16N6O7S2. The summed E-state index contributed by atoms with van der Waals surface area (Å²) in [7, 11) is -7.50. The molecule has 0 fully saturated rings. The van der Waals surface area contributed by atoms with Crippen molar-refractivity contribution in [1.29, 1.82) is 0 Å². The summed E-state index contributed by atoms with van der Waals surface area (Å²) in [5, 5.41) is 0.630. The van der Waals surface area contributed by atoms with Crippen LogP contribution in [0.25, 0.3) is 5.65 Å². The number of sulfonamides is 1. The molecule has 0 radical (unpaired) electrons. The van der Waals surface area contributed by atoms with E-state index in [1.54, 1.807) is 10.8 Å². The lowest BCUT2D eigenvalue weighted by molar-refractivity contribution is 0.256. The lowest BCUT2D eigenvalue weighted by Gasteiger charge is -2.10. The molecule has 0 aliphatic carbocycles. The van der Waals surface area contributed by atoms with Crippen LogP contribution in [0.3, 0.4) is 0 Å². The van der Waals surface area contributed by atoms with Crippen LogP contribution in [0.2, 0.25) is 0 Å². The number of ether oxygens (including phenoxy) is 1. The van der Waals surface area contributed by atoms with Crippen molar-refractivity contribution in [2.75, 3.05) is 18.2 Å². The maximum absolute atomic E-state index is 12.9. The molecule has 3 rings (SSSR count). The van der Waals surface area contributed by atoms with Crippen LogP contribution in [0.4, 0.5) is 10.7 Å². The van der Waals surface area contributed by atoms with Crippen LogP contribution in [0.5, 0.6) is 5.88 Å². The molecule has 3 aromatic heterocycles. The quantitative estimate of drug-likeness (QED) is 0.449. The van der Waals surface area contributed by atoms with Crippen molar-refractivity contribution in [1.82, 2.24) is 24.1 Å². The van der Waals surface area contributed by atoms with Crippen molar-refractivity contribution in [3.8, 4) is 5.88 Å². The maximum Gasteiger partial charge on any atom is 0.335 e. The van der Waals surface area contributed by atoms with Crippen LogP contribution in [0, 0.1) is 0 Å². The van der Waals surface area contributed by atoms with Gasteiger partial charge in [-0.15, -0.1) is 0 Å². The minimum atomic E-state index is -4.70. The number of aromatic nitrogens is 4. The molecule has 3 heterocycles. The number of pyridine rings is 1. The number of nitrogens with zero attached hydrogens (tertiary/aromatic N) is 3. The fourth-order valence-electron chi connectivity index (χ4n) is 2.44. The van der Waals surface area contributed by atoms with E-state index in [9.17, 15) is 26.4 Å². The molecule has 0 saturated heterocycles. The molecule has 30 heavy (non-hydrogen) atoms. The van der Waals surface area contributed by atoms with Crippen LogP contribution in [0.1, 0.15) is 6.92 Å². The van der Waals surface area contributed by atoms with Gasteiger partial charge >= 0.3 is 6.03 Å². The first-order valence-electron chi connectivity index (χ1n) is 8.26. The average molecular weight is 456 g/mol. The van der Waals surface area contributed by atoms with Gasteiger partial charge in [-0.2, -0.15) is 13.4 Å². The van der Waals surface area contributed by atoms with Gasteiger partial charge in [0.05, 0.1) is 18.9 Å². The smallest absolute Gasteiger partial charge is 0.335 e. The summed E-state index contributed by atoms with van der Waals surface area (Å²) in [5.41, 5.74) is -0.595. The zero-order chi connectivity index (χ0) is 22.1. The van der Waals surface area contributed by atoms with Gasteiger partial charge in [0.2, 0.25) is 11.8 Å². The van der Waals surface area contributed by atoms with E-state index < -0.39 is 47.3 Å². The molecular weight excluding hydrogens is 440 g/mol. The van der Waals surface area contributed by atoms with Gasteiger partial charge in [0.1, 0.15) is 5.65 Å². The number of aromatic amines is 1. The number of methoxy groups -OCH3 is 1. The van der Waals surface area contributed by atoms with E-state index >= 15 is 0 Å². The van der Waals surface area contributed by atoms with Crippen molar-refractivity contribution >= 4 is 37.5 Å². The number of nitrogens with one attached hydrogen (secondary N) is 3. The lowest BCUT2D eigenvalue weighted by Crippen LogP contribution is -2.36. The third-order valence-corrected chi connectivity index (χ3v) is 6.89. The van der Waals surface area contributed by atoms with Crippen LogP contribution < -0.4 is 20.3 Å². The Labute approximate surface area is 170 Å². The van der Waals surface area contributed by atoms with Gasteiger partial charge in [-0.05, 0) is 12.1 Å².